The number of anilines is 1. The molecular formula is C16H25NO2. The van der Waals surface area contributed by atoms with Crippen LogP contribution < -0.4 is 5.32 Å². The van der Waals surface area contributed by atoms with E-state index in [2.05, 4.69) is 26.1 Å². The quantitative estimate of drug-likeness (QED) is 0.770. The Bertz CT molecular complexity index is 429. The molecule has 0 spiro atoms. The monoisotopic (exact) mass is 263 g/mol. The first-order valence-corrected chi connectivity index (χ1v) is 7.08. The average Bonchev–Trinajstić information content (AvgIpc) is 2.39. The number of rotatable bonds is 7. The zero-order valence-electron chi connectivity index (χ0n) is 12.4. The number of hydrogen-bond donors (Lipinski definition) is 2. The number of carboxylic acids is 1. The number of nitrogens with one attached hydrogen (secondary N) is 1. The second-order valence-corrected chi connectivity index (χ2v) is 5.28. The fourth-order valence-electron chi connectivity index (χ4n) is 2.22. The van der Waals surface area contributed by atoms with Crippen molar-refractivity contribution < 1.29 is 9.90 Å². The maximum absolute atomic E-state index is 11.1. The first kappa shape index (κ1) is 15.5. The number of benzene rings is 1. The Morgan fingerprint density at radius 1 is 1.32 bits per heavy atom. The van der Waals surface area contributed by atoms with Crippen LogP contribution in [0.25, 0.3) is 0 Å². The molecule has 0 bridgehead atoms. The molecule has 0 aliphatic rings. The van der Waals surface area contributed by atoms with Crippen LogP contribution in [-0.4, -0.2) is 17.1 Å². The van der Waals surface area contributed by atoms with Crippen molar-refractivity contribution in [3.8, 4) is 0 Å². The third-order valence-electron chi connectivity index (χ3n) is 3.80. The summed E-state index contributed by atoms with van der Waals surface area (Å²) in [6.07, 6.45) is 3.33. The van der Waals surface area contributed by atoms with Gasteiger partial charge in [0.15, 0.2) is 0 Å². The van der Waals surface area contributed by atoms with E-state index in [4.69, 9.17) is 5.11 Å². The third-order valence-corrected chi connectivity index (χ3v) is 3.80. The molecule has 0 radical (unpaired) electrons. The number of carboxylic acid groups (broad SMARTS) is 1. The number of aromatic carboxylic acids is 1. The Kier molecular flexibility index (Phi) is 5.87. The molecule has 2 atom stereocenters. The standard InChI is InChI=1S/C16H25NO2/c1-5-11(3)10-13(6-2)17-15-9-7-8-14(12(15)4)16(18)19/h7-9,11,13,17H,5-6,10H2,1-4H3,(H,18,19). The van der Waals surface area contributed by atoms with E-state index in [1.54, 1.807) is 12.1 Å². The van der Waals surface area contributed by atoms with Gasteiger partial charge in [-0.1, -0.05) is 33.3 Å². The fraction of sp³-hybridized carbons (Fsp3) is 0.562. The van der Waals surface area contributed by atoms with Crippen molar-refractivity contribution in [1.29, 1.82) is 0 Å². The summed E-state index contributed by atoms with van der Waals surface area (Å²) in [5, 5.41) is 12.6. The zero-order chi connectivity index (χ0) is 14.4. The summed E-state index contributed by atoms with van der Waals surface area (Å²) in [5.74, 6) is -0.184. The Labute approximate surface area is 116 Å². The lowest BCUT2D eigenvalue weighted by Gasteiger charge is -2.23. The zero-order valence-corrected chi connectivity index (χ0v) is 12.4. The molecule has 0 aliphatic heterocycles. The van der Waals surface area contributed by atoms with Crippen LogP contribution in [0.3, 0.4) is 0 Å². The SMILES string of the molecule is CCC(C)CC(CC)Nc1cccc(C(=O)O)c1C. The van der Waals surface area contributed by atoms with Gasteiger partial charge in [0.05, 0.1) is 5.56 Å². The molecule has 0 saturated heterocycles. The molecule has 0 saturated carbocycles. The molecule has 19 heavy (non-hydrogen) atoms. The molecule has 1 aromatic carbocycles. The summed E-state index contributed by atoms with van der Waals surface area (Å²) in [7, 11) is 0. The van der Waals surface area contributed by atoms with Gasteiger partial charge in [0.1, 0.15) is 0 Å². The van der Waals surface area contributed by atoms with Crippen molar-refractivity contribution >= 4 is 11.7 Å². The summed E-state index contributed by atoms with van der Waals surface area (Å²) >= 11 is 0. The highest BCUT2D eigenvalue weighted by Gasteiger charge is 2.14. The second-order valence-electron chi connectivity index (χ2n) is 5.28. The summed E-state index contributed by atoms with van der Waals surface area (Å²) < 4.78 is 0. The van der Waals surface area contributed by atoms with Crippen LogP contribution >= 0.6 is 0 Å². The average molecular weight is 263 g/mol. The maximum Gasteiger partial charge on any atom is 0.336 e. The molecular weight excluding hydrogens is 238 g/mol. The first-order chi connectivity index (χ1) is 8.99. The highest BCUT2D eigenvalue weighted by Crippen LogP contribution is 2.22. The van der Waals surface area contributed by atoms with E-state index in [-0.39, 0.29) is 0 Å². The Balaban J connectivity index is 2.85. The highest BCUT2D eigenvalue weighted by molar-refractivity contribution is 5.91. The van der Waals surface area contributed by atoms with Crippen LogP contribution in [0.5, 0.6) is 0 Å². The molecule has 0 heterocycles. The molecule has 3 nitrogen and oxygen atoms in total. The largest absolute Gasteiger partial charge is 0.478 e. The molecule has 0 fully saturated rings. The molecule has 0 aromatic heterocycles. The van der Waals surface area contributed by atoms with Gasteiger partial charge in [-0.15, -0.1) is 0 Å². The van der Waals surface area contributed by atoms with E-state index in [9.17, 15) is 4.79 Å². The minimum Gasteiger partial charge on any atom is -0.478 e. The molecule has 0 amide bonds. The van der Waals surface area contributed by atoms with Crippen LogP contribution in [0.4, 0.5) is 5.69 Å². The van der Waals surface area contributed by atoms with Gasteiger partial charge in [-0.05, 0) is 43.4 Å². The van der Waals surface area contributed by atoms with Gasteiger partial charge in [-0.25, -0.2) is 4.79 Å². The Morgan fingerprint density at radius 3 is 2.53 bits per heavy atom. The summed E-state index contributed by atoms with van der Waals surface area (Å²) in [5.41, 5.74) is 2.14. The van der Waals surface area contributed by atoms with Crippen molar-refractivity contribution in [2.45, 2.75) is 53.0 Å². The highest BCUT2D eigenvalue weighted by atomic mass is 16.4. The first-order valence-electron chi connectivity index (χ1n) is 7.08. The lowest BCUT2D eigenvalue weighted by atomic mass is 9.97. The molecule has 3 heteroatoms. The Hall–Kier alpha value is -1.51. The van der Waals surface area contributed by atoms with E-state index in [0.29, 0.717) is 17.5 Å². The predicted molar refractivity (Wildman–Crippen MR) is 79.9 cm³/mol. The fourth-order valence-corrected chi connectivity index (χ4v) is 2.22. The topological polar surface area (TPSA) is 49.3 Å². The lowest BCUT2D eigenvalue weighted by molar-refractivity contribution is 0.0696. The van der Waals surface area contributed by atoms with E-state index < -0.39 is 5.97 Å². The van der Waals surface area contributed by atoms with Crippen molar-refractivity contribution in [1.82, 2.24) is 0 Å². The van der Waals surface area contributed by atoms with Crippen LogP contribution in [-0.2, 0) is 0 Å². The van der Waals surface area contributed by atoms with Gasteiger partial charge in [0.2, 0.25) is 0 Å². The van der Waals surface area contributed by atoms with Crippen molar-refractivity contribution in [2.24, 2.45) is 5.92 Å². The van der Waals surface area contributed by atoms with Crippen LogP contribution in [0, 0.1) is 12.8 Å². The van der Waals surface area contributed by atoms with Gasteiger partial charge >= 0.3 is 5.97 Å². The molecule has 0 aliphatic carbocycles. The van der Waals surface area contributed by atoms with E-state index in [1.807, 2.05) is 13.0 Å². The Morgan fingerprint density at radius 2 is 2.00 bits per heavy atom. The molecule has 106 valence electrons. The summed E-state index contributed by atoms with van der Waals surface area (Å²) in [6, 6.07) is 5.81. The number of carbonyl (C=O) groups is 1. The molecule has 2 N–H and O–H groups in total. The van der Waals surface area contributed by atoms with Gasteiger partial charge in [-0.3, -0.25) is 0 Å². The normalized spacial score (nSPS) is 13.9. The molecule has 1 aromatic rings. The van der Waals surface area contributed by atoms with E-state index in [1.165, 1.54) is 6.42 Å². The van der Waals surface area contributed by atoms with E-state index in [0.717, 1.165) is 24.1 Å². The van der Waals surface area contributed by atoms with Crippen LogP contribution in [0.1, 0.15) is 56.0 Å². The predicted octanol–water partition coefficient (Wildman–Crippen LogP) is 4.32. The van der Waals surface area contributed by atoms with Gasteiger partial charge in [0.25, 0.3) is 0 Å². The summed E-state index contributed by atoms with van der Waals surface area (Å²) in [4.78, 5) is 11.1. The van der Waals surface area contributed by atoms with Crippen LogP contribution in [0.2, 0.25) is 0 Å². The molecule has 1 rings (SSSR count). The van der Waals surface area contributed by atoms with Crippen LogP contribution in [0.15, 0.2) is 18.2 Å². The summed E-state index contributed by atoms with van der Waals surface area (Å²) in [6.45, 7) is 8.48. The van der Waals surface area contributed by atoms with Gasteiger partial charge in [0, 0.05) is 11.7 Å². The van der Waals surface area contributed by atoms with E-state index >= 15 is 0 Å². The van der Waals surface area contributed by atoms with Gasteiger partial charge in [-0.2, -0.15) is 0 Å². The molecule has 2 unspecified atom stereocenters. The van der Waals surface area contributed by atoms with Crippen molar-refractivity contribution in [3.05, 3.63) is 29.3 Å². The minimum atomic E-state index is -0.865. The lowest BCUT2D eigenvalue weighted by Crippen LogP contribution is -2.22. The third kappa shape index (κ3) is 4.27. The maximum atomic E-state index is 11.1. The number of hydrogen-bond acceptors (Lipinski definition) is 2. The van der Waals surface area contributed by atoms with Gasteiger partial charge < -0.3 is 10.4 Å². The van der Waals surface area contributed by atoms with Crippen molar-refractivity contribution in [3.63, 3.8) is 0 Å². The smallest absolute Gasteiger partial charge is 0.336 e. The minimum absolute atomic E-state index is 0.378. The van der Waals surface area contributed by atoms with Crippen molar-refractivity contribution in [2.75, 3.05) is 5.32 Å². The second kappa shape index (κ2) is 7.17.